The molecule has 1 N–H and O–H groups in total. The molecule has 5 nitrogen and oxygen atoms in total. The summed E-state index contributed by atoms with van der Waals surface area (Å²) in [7, 11) is 1.38. The van der Waals surface area contributed by atoms with Crippen LogP contribution in [0.4, 0.5) is 0 Å². The van der Waals surface area contributed by atoms with E-state index >= 15 is 0 Å². The second kappa shape index (κ2) is 9.65. The summed E-state index contributed by atoms with van der Waals surface area (Å²) in [6, 6.07) is 11.9. The van der Waals surface area contributed by atoms with Gasteiger partial charge >= 0.3 is 5.97 Å². The Labute approximate surface area is 215 Å². The van der Waals surface area contributed by atoms with Crippen LogP contribution >= 0.6 is 15.9 Å². The molecule has 0 fully saturated rings. The van der Waals surface area contributed by atoms with Gasteiger partial charge in [0.25, 0.3) is 0 Å². The van der Waals surface area contributed by atoms with E-state index in [1.165, 1.54) is 7.11 Å². The molecule has 2 aromatic rings. The average molecular weight is 538 g/mol. The van der Waals surface area contributed by atoms with Crippen molar-refractivity contribution in [2.75, 3.05) is 7.11 Å². The van der Waals surface area contributed by atoms with E-state index in [9.17, 15) is 9.59 Å². The summed E-state index contributed by atoms with van der Waals surface area (Å²) in [5.74, 6) is -0.0429. The van der Waals surface area contributed by atoms with Crippen molar-refractivity contribution >= 4 is 27.7 Å². The zero-order valence-corrected chi connectivity index (χ0v) is 22.8. The van der Waals surface area contributed by atoms with E-state index in [1.54, 1.807) is 0 Å². The number of carbonyl (C=O) groups excluding carboxylic acids is 2. The normalized spacial score (nSPS) is 19.3. The van der Waals surface area contributed by atoms with E-state index in [-0.39, 0.29) is 11.2 Å². The van der Waals surface area contributed by atoms with Crippen molar-refractivity contribution in [1.29, 1.82) is 0 Å². The smallest absolute Gasteiger partial charge is 0.336 e. The summed E-state index contributed by atoms with van der Waals surface area (Å²) in [5, 5.41) is 3.38. The Balaban J connectivity index is 1.81. The fourth-order valence-corrected chi connectivity index (χ4v) is 5.47. The van der Waals surface area contributed by atoms with Crippen LogP contribution in [0.15, 0.2) is 63.4 Å². The molecule has 0 radical (unpaired) electrons. The zero-order valence-electron chi connectivity index (χ0n) is 21.2. The number of hydrogen-bond acceptors (Lipinski definition) is 5. The third-order valence-corrected chi connectivity index (χ3v) is 7.42. The molecule has 1 heterocycles. The monoisotopic (exact) mass is 537 g/mol. The Morgan fingerprint density at radius 1 is 1.09 bits per heavy atom. The number of nitrogens with one attached hydrogen (secondary N) is 1. The maximum atomic E-state index is 13.5. The molecule has 0 saturated carbocycles. The predicted octanol–water partition coefficient (Wildman–Crippen LogP) is 6.42. The molecule has 1 aliphatic carbocycles. The number of carbonyl (C=O) groups is 2. The fourth-order valence-electron chi connectivity index (χ4n) is 5.20. The molecule has 0 spiro atoms. The summed E-state index contributed by atoms with van der Waals surface area (Å²) < 4.78 is 12.2. The van der Waals surface area contributed by atoms with Gasteiger partial charge in [0.2, 0.25) is 0 Å². The number of benzene rings is 2. The number of dihydropyridines is 1. The number of allylic oxidation sites excluding steroid dienone is 3. The number of Topliss-reactive ketones (excluding diaryl/α,β-unsaturated/α-hetero) is 1. The summed E-state index contributed by atoms with van der Waals surface area (Å²) >= 11 is 3.45. The zero-order chi connectivity index (χ0) is 25.5. The molecule has 6 heteroatoms. The Hall–Kier alpha value is -2.86. The molecule has 2 aliphatic rings. The van der Waals surface area contributed by atoms with Gasteiger partial charge in [-0.1, -0.05) is 41.9 Å². The van der Waals surface area contributed by atoms with E-state index in [2.05, 4.69) is 54.2 Å². The minimum absolute atomic E-state index is 0.0790. The Morgan fingerprint density at radius 3 is 2.43 bits per heavy atom. The lowest BCUT2D eigenvalue weighted by molar-refractivity contribution is -0.136. The number of aryl methyl sites for hydroxylation is 2. The van der Waals surface area contributed by atoms with Gasteiger partial charge in [-0.3, -0.25) is 4.79 Å². The van der Waals surface area contributed by atoms with Gasteiger partial charge in [0, 0.05) is 33.8 Å². The van der Waals surface area contributed by atoms with Crippen molar-refractivity contribution in [2.24, 2.45) is 5.41 Å². The number of esters is 1. The Morgan fingerprint density at radius 2 is 1.77 bits per heavy atom. The van der Waals surface area contributed by atoms with Crippen LogP contribution in [0.1, 0.15) is 61.8 Å². The topological polar surface area (TPSA) is 64.6 Å². The second-order valence-corrected chi connectivity index (χ2v) is 11.2. The standard InChI is InChI=1S/C29H32BrNO4/c1-16-11-17(2)22(12-19(16)15-35-21-9-7-20(30)8-10-21)26-25(28(33)34-6)18(3)31-23-13-29(4,5)14-24(32)27(23)26/h7-12,26,31H,13-15H2,1-6H3. The van der Waals surface area contributed by atoms with Crippen LogP contribution in [0.2, 0.25) is 0 Å². The van der Waals surface area contributed by atoms with Crippen LogP contribution in [-0.4, -0.2) is 18.9 Å². The van der Waals surface area contributed by atoms with E-state index < -0.39 is 11.9 Å². The summed E-state index contributed by atoms with van der Waals surface area (Å²) in [6.45, 7) is 10.6. The molecule has 4 rings (SSSR count). The van der Waals surface area contributed by atoms with Gasteiger partial charge in [-0.25, -0.2) is 4.79 Å². The molecule has 0 bridgehead atoms. The number of methoxy groups -OCH3 is 1. The van der Waals surface area contributed by atoms with Crippen molar-refractivity contribution in [3.8, 4) is 5.75 Å². The van der Waals surface area contributed by atoms with Crippen LogP contribution in [0.5, 0.6) is 5.75 Å². The molecule has 0 aromatic heterocycles. The first kappa shape index (κ1) is 25.2. The van der Waals surface area contributed by atoms with E-state index in [0.29, 0.717) is 24.2 Å². The number of ether oxygens (including phenoxy) is 2. The lowest BCUT2D eigenvalue weighted by atomic mass is 9.68. The second-order valence-electron chi connectivity index (χ2n) is 10.3. The van der Waals surface area contributed by atoms with Gasteiger partial charge in [-0.2, -0.15) is 0 Å². The quantitative estimate of drug-likeness (QED) is 0.445. The van der Waals surface area contributed by atoms with Crippen LogP contribution in [0.25, 0.3) is 0 Å². The largest absolute Gasteiger partial charge is 0.489 e. The van der Waals surface area contributed by atoms with Gasteiger partial charge in [0.15, 0.2) is 5.78 Å². The third-order valence-electron chi connectivity index (χ3n) is 6.89. The molecular weight excluding hydrogens is 506 g/mol. The van der Waals surface area contributed by atoms with Gasteiger partial charge < -0.3 is 14.8 Å². The van der Waals surface area contributed by atoms with Gasteiger partial charge in [0.05, 0.1) is 12.7 Å². The van der Waals surface area contributed by atoms with Crippen LogP contribution in [0.3, 0.4) is 0 Å². The van der Waals surface area contributed by atoms with Crippen molar-refractivity contribution in [3.63, 3.8) is 0 Å². The first-order valence-electron chi connectivity index (χ1n) is 11.8. The number of halogens is 1. The minimum Gasteiger partial charge on any atom is -0.489 e. The molecule has 0 amide bonds. The van der Waals surface area contributed by atoms with E-state index in [4.69, 9.17) is 9.47 Å². The molecule has 1 aliphatic heterocycles. The molecule has 184 valence electrons. The highest BCUT2D eigenvalue weighted by Crippen LogP contribution is 2.47. The molecule has 1 atom stereocenters. The number of rotatable bonds is 5. The first-order chi connectivity index (χ1) is 16.5. The van der Waals surface area contributed by atoms with Crippen LogP contribution < -0.4 is 10.1 Å². The van der Waals surface area contributed by atoms with Crippen molar-refractivity contribution in [1.82, 2.24) is 5.32 Å². The summed E-state index contributed by atoms with van der Waals surface area (Å²) in [6.07, 6.45) is 1.20. The van der Waals surface area contributed by atoms with Gasteiger partial charge in [-0.15, -0.1) is 0 Å². The molecule has 2 aromatic carbocycles. The summed E-state index contributed by atoms with van der Waals surface area (Å²) in [4.78, 5) is 26.5. The average Bonchev–Trinajstić information content (AvgIpc) is 2.77. The highest BCUT2D eigenvalue weighted by Gasteiger charge is 2.43. The maximum absolute atomic E-state index is 13.5. The predicted molar refractivity (Wildman–Crippen MR) is 140 cm³/mol. The van der Waals surface area contributed by atoms with Crippen LogP contribution in [-0.2, 0) is 20.9 Å². The number of ketones is 1. The minimum atomic E-state index is -0.477. The summed E-state index contributed by atoms with van der Waals surface area (Å²) in [5.41, 5.74) is 6.76. The van der Waals surface area contributed by atoms with Crippen molar-refractivity contribution in [3.05, 3.63) is 85.7 Å². The highest BCUT2D eigenvalue weighted by molar-refractivity contribution is 9.10. The SMILES string of the molecule is COC(=O)C1=C(C)NC2=C(C(=O)CC(C)(C)C2)C1c1cc(COc2ccc(Br)cc2)c(C)cc1C. The van der Waals surface area contributed by atoms with Crippen molar-refractivity contribution < 1.29 is 19.1 Å². The van der Waals surface area contributed by atoms with Gasteiger partial charge in [-0.05, 0) is 79.1 Å². The van der Waals surface area contributed by atoms with Crippen molar-refractivity contribution in [2.45, 2.75) is 60.0 Å². The molecule has 0 saturated heterocycles. The molecule has 35 heavy (non-hydrogen) atoms. The maximum Gasteiger partial charge on any atom is 0.336 e. The number of hydrogen-bond donors (Lipinski definition) is 1. The lowest BCUT2D eigenvalue weighted by Gasteiger charge is -2.39. The fraction of sp³-hybridized carbons (Fsp3) is 0.379. The Bertz CT molecular complexity index is 1250. The van der Waals surface area contributed by atoms with Crippen LogP contribution in [0, 0.1) is 19.3 Å². The highest BCUT2D eigenvalue weighted by atomic mass is 79.9. The van der Waals surface area contributed by atoms with E-state index in [1.807, 2.05) is 38.1 Å². The van der Waals surface area contributed by atoms with Gasteiger partial charge in [0.1, 0.15) is 12.4 Å². The third kappa shape index (κ3) is 5.08. The Kier molecular flexibility index (Phi) is 6.96. The molecule has 1 unspecified atom stereocenters. The van der Waals surface area contributed by atoms with E-state index in [0.717, 1.165) is 50.3 Å². The first-order valence-corrected chi connectivity index (χ1v) is 12.6. The molecular formula is C29H32BrNO4. The lowest BCUT2D eigenvalue weighted by Crippen LogP contribution is -2.38.